The van der Waals surface area contributed by atoms with Crippen molar-refractivity contribution in [2.24, 2.45) is 5.73 Å². The molecule has 0 radical (unpaired) electrons. The molecule has 0 bridgehead atoms. The van der Waals surface area contributed by atoms with Crippen LogP contribution in [0.1, 0.15) is 19.3 Å². The number of benzene rings is 1. The van der Waals surface area contributed by atoms with Gasteiger partial charge < -0.3 is 34.3 Å². The molecule has 2 N–H and O–H groups in total. The normalized spacial score (nSPS) is 23.1. The summed E-state index contributed by atoms with van der Waals surface area (Å²) >= 11 is 0. The summed E-state index contributed by atoms with van der Waals surface area (Å²) in [4.78, 5) is 15.9. The molecule has 1 aromatic rings. The number of carbonyl (C=O) groups is 1. The fraction of sp³-hybridized carbons (Fsp3) is 0.667. The van der Waals surface area contributed by atoms with Gasteiger partial charge in [-0.2, -0.15) is 0 Å². The van der Waals surface area contributed by atoms with Crippen molar-refractivity contribution in [1.29, 1.82) is 0 Å². The third-order valence-corrected chi connectivity index (χ3v) is 5.72. The molecule has 0 spiro atoms. The second-order valence-corrected chi connectivity index (χ2v) is 7.78. The highest BCUT2D eigenvalue weighted by atomic mass is 16.7. The number of rotatable bonds is 8. The van der Waals surface area contributed by atoms with Crippen LogP contribution in [0.15, 0.2) is 18.2 Å². The molecule has 3 aliphatic heterocycles. The van der Waals surface area contributed by atoms with Crippen molar-refractivity contribution < 1.29 is 28.5 Å². The molecule has 0 saturated carbocycles. The van der Waals surface area contributed by atoms with Gasteiger partial charge in [0.2, 0.25) is 0 Å². The van der Waals surface area contributed by atoms with Gasteiger partial charge in [0.25, 0.3) is 0 Å². The predicted molar refractivity (Wildman–Crippen MR) is 110 cm³/mol. The third kappa shape index (κ3) is 5.54. The average Bonchev–Trinajstić information content (AvgIpc) is 2.71. The van der Waals surface area contributed by atoms with E-state index < -0.39 is 6.09 Å². The summed E-state index contributed by atoms with van der Waals surface area (Å²) in [7, 11) is 0. The Bertz CT molecular complexity index is 700. The molecule has 0 aromatic heterocycles. The van der Waals surface area contributed by atoms with Gasteiger partial charge in [-0.25, -0.2) is 4.79 Å². The van der Waals surface area contributed by atoms with Gasteiger partial charge in [-0.3, -0.25) is 4.90 Å². The molecule has 30 heavy (non-hydrogen) atoms. The first-order valence-corrected chi connectivity index (χ1v) is 10.7. The Hall–Kier alpha value is -2.07. The second-order valence-electron chi connectivity index (χ2n) is 7.78. The van der Waals surface area contributed by atoms with Gasteiger partial charge in [0, 0.05) is 38.9 Å². The van der Waals surface area contributed by atoms with Crippen molar-refractivity contribution in [3.05, 3.63) is 18.2 Å². The predicted octanol–water partition coefficient (Wildman–Crippen LogP) is 1.59. The number of nitrogens with zero attached hydrogens (tertiary/aromatic N) is 2. The first-order valence-electron chi connectivity index (χ1n) is 10.7. The lowest BCUT2D eigenvalue weighted by Gasteiger charge is -2.43. The van der Waals surface area contributed by atoms with Crippen LogP contribution >= 0.6 is 0 Å². The maximum atomic E-state index is 11.1. The highest BCUT2D eigenvalue weighted by Gasteiger charge is 2.29. The summed E-state index contributed by atoms with van der Waals surface area (Å²) in [5.74, 6) is 1.02. The molecule has 1 unspecified atom stereocenters. The molecular weight excluding hydrogens is 390 g/mol. The molecule has 3 saturated heterocycles. The summed E-state index contributed by atoms with van der Waals surface area (Å²) in [5, 5.41) is 0. The SMILES string of the molecule is NC(=O)Oc1ccc(N2CCN(C3COC3)CC2)c(OCCOC2CCCCO2)c1. The zero-order chi connectivity index (χ0) is 20.8. The first-order chi connectivity index (χ1) is 14.7. The lowest BCUT2D eigenvalue weighted by Crippen LogP contribution is -2.56. The number of carbonyl (C=O) groups excluding carboxylic acids is 1. The highest BCUT2D eigenvalue weighted by Crippen LogP contribution is 2.33. The number of anilines is 1. The van der Waals surface area contributed by atoms with Gasteiger partial charge in [-0.05, 0) is 31.4 Å². The fourth-order valence-electron chi connectivity index (χ4n) is 3.99. The van der Waals surface area contributed by atoms with E-state index in [1.165, 1.54) is 0 Å². The summed E-state index contributed by atoms with van der Waals surface area (Å²) in [6.07, 6.45) is 2.15. The van der Waals surface area contributed by atoms with Gasteiger partial charge in [-0.1, -0.05) is 0 Å². The zero-order valence-electron chi connectivity index (χ0n) is 17.3. The quantitative estimate of drug-likeness (QED) is 0.632. The van der Waals surface area contributed by atoms with Crippen molar-refractivity contribution in [3.63, 3.8) is 0 Å². The zero-order valence-corrected chi connectivity index (χ0v) is 17.3. The molecule has 0 aliphatic carbocycles. The molecule has 4 rings (SSSR count). The molecule has 9 heteroatoms. The van der Waals surface area contributed by atoms with Crippen LogP contribution < -0.4 is 20.1 Å². The van der Waals surface area contributed by atoms with Gasteiger partial charge in [0.05, 0.1) is 31.5 Å². The number of ether oxygens (including phenoxy) is 5. The van der Waals surface area contributed by atoms with E-state index in [1.54, 1.807) is 12.1 Å². The van der Waals surface area contributed by atoms with Crippen LogP contribution in [0.2, 0.25) is 0 Å². The van der Waals surface area contributed by atoms with Crippen LogP contribution in [0.25, 0.3) is 0 Å². The summed E-state index contributed by atoms with van der Waals surface area (Å²) < 4.78 is 27.7. The van der Waals surface area contributed by atoms with Gasteiger partial charge in [0.1, 0.15) is 18.1 Å². The fourth-order valence-corrected chi connectivity index (χ4v) is 3.99. The summed E-state index contributed by atoms with van der Waals surface area (Å²) in [5.41, 5.74) is 6.14. The minimum atomic E-state index is -0.845. The Labute approximate surface area is 176 Å². The lowest BCUT2D eigenvalue weighted by molar-refractivity contribution is -0.165. The van der Waals surface area contributed by atoms with Crippen LogP contribution in [0, 0.1) is 0 Å². The van der Waals surface area contributed by atoms with E-state index in [2.05, 4.69) is 9.80 Å². The van der Waals surface area contributed by atoms with Gasteiger partial charge in [-0.15, -0.1) is 0 Å². The van der Waals surface area contributed by atoms with Crippen molar-refractivity contribution in [3.8, 4) is 11.5 Å². The third-order valence-electron chi connectivity index (χ3n) is 5.72. The second kappa shape index (κ2) is 10.3. The monoisotopic (exact) mass is 421 g/mol. The van der Waals surface area contributed by atoms with Crippen molar-refractivity contribution in [1.82, 2.24) is 4.90 Å². The number of hydrogen-bond acceptors (Lipinski definition) is 8. The smallest absolute Gasteiger partial charge is 0.409 e. The molecule has 9 nitrogen and oxygen atoms in total. The molecule has 1 amide bonds. The van der Waals surface area contributed by atoms with Crippen molar-refractivity contribution >= 4 is 11.8 Å². The van der Waals surface area contributed by atoms with Crippen LogP contribution in [0.3, 0.4) is 0 Å². The minimum Gasteiger partial charge on any atom is -0.489 e. The largest absolute Gasteiger partial charge is 0.489 e. The molecule has 3 heterocycles. The number of primary amides is 1. The molecule has 1 atom stereocenters. The van der Waals surface area contributed by atoms with E-state index in [4.69, 9.17) is 29.4 Å². The molecule has 3 aliphatic rings. The average molecular weight is 421 g/mol. The maximum absolute atomic E-state index is 11.1. The van der Waals surface area contributed by atoms with Crippen LogP contribution in [0.4, 0.5) is 10.5 Å². The van der Waals surface area contributed by atoms with E-state index in [0.717, 1.165) is 70.9 Å². The van der Waals surface area contributed by atoms with Crippen LogP contribution in [-0.2, 0) is 14.2 Å². The van der Waals surface area contributed by atoms with E-state index in [1.807, 2.05) is 6.07 Å². The standard InChI is InChI=1S/C21H31N3O6/c22-21(25)30-17-4-5-18(24-8-6-23(7-9-24)16-14-26-15-16)19(13-17)27-11-12-29-20-3-1-2-10-28-20/h4-5,13,16,20H,1-3,6-12,14-15H2,(H2,22,25). The first kappa shape index (κ1) is 21.2. The summed E-state index contributed by atoms with van der Waals surface area (Å²) in [6.45, 7) is 6.99. The number of piperazine rings is 1. The van der Waals surface area contributed by atoms with E-state index in [0.29, 0.717) is 30.8 Å². The van der Waals surface area contributed by atoms with Crippen LogP contribution in [0.5, 0.6) is 11.5 Å². The van der Waals surface area contributed by atoms with E-state index in [9.17, 15) is 4.79 Å². The Kier molecular flexibility index (Phi) is 7.27. The Balaban J connectivity index is 1.35. The molecule has 166 valence electrons. The number of amides is 1. The lowest BCUT2D eigenvalue weighted by atomic mass is 10.1. The molecule has 3 fully saturated rings. The van der Waals surface area contributed by atoms with Crippen molar-refractivity contribution in [2.75, 3.05) is 64.1 Å². The number of hydrogen-bond donors (Lipinski definition) is 1. The van der Waals surface area contributed by atoms with E-state index in [-0.39, 0.29) is 6.29 Å². The van der Waals surface area contributed by atoms with Crippen LogP contribution in [-0.4, -0.2) is 82.5 Å². The number of nitrogens with two attached hydrogens (primary N) is 1. The molecule has 1 aromatic carbocycles. The minimum absolute atomic E-state index is 0.144. The maximum Gasteiger partial charge on any atom is 0.409 e. The van der Waals surface area contributed by atoms with Crippen molar-refractivity contribution in [2.45, 2.75) is 31.6 Å². The van der Waals surface area contributed by atoms with Gasteiger partial charge in [0.15, 0.2) is 6.29 Å². The Morgan fingerprint density at radius 1 is 1.13 bits per heavy atom. The topological polar surface area (TPSA) is 95.7 Å². The van der Waals surface area contributed by atoms with E-state index >= 15 is 0 Å². The summed E-state index contributed by atoms with van der Waals surface area (Å²) in [6, 6.07) is 5.92. The Morgan fingerprint density at radius 3 is 2.63 bits per heavy atom. The Morgan fingerprint density at radius 2 is 1.97 bits per heavy atom. The highest BCUT2D eigenvalue weighted by molar-refractivity contribution is 5.70. The van der Waals surface area contributed by atoms with Gasteiger partial charge >= 0.3 is 6.09 Å². The molecular formula is C21H31N3O6.